The predicted octanol–water partition coefficient (Wildman–Crippen LogP) is 0.372. The van der Waals surface area contributed by atoms with E-state index in [0.717, 1.165) is 26.1 Å². The van der Waals surface area contributed by atoms with Crippen LogP contribution in [-0.2, 0) is 6.54 Å². The first-order valence-electron chi connectivity index (χ1n) is 6.04. The van der Waals surface area contributed by atoms with Gasteiger partial charge in [0.2, 0.25) is 0 Å². The van der Waals surface area contributed by atoms with Gasteiger partial charge in [0.25, 0.3) is 0 Å². The van der Waals surface area contributed by atoms with Crippen LogP contribution in [0.3, 0.4) is 0 Å². The van der Waals surface area contributed by atoms with Crippen LogP contribution in [-0.4, -0.2) is 51.0 Å². The molecule has 0 unspecified atom stereocenters. The van der Waals surface area contributed by atoms with Crippen LogP contribution in [0.25, 0.3) is 0 Å². The Labute approximate surface area is 96.1 Å². The van der Waals surface area contributed by atoms with Crippen molar-refractivity contribution in [3.8, 4) is 0 Å². The van der Waals surface area contributed by atoms with Crippen molar-refractivity contribution in [1.29, 1.82) is 0 Å². The van der Waals surface area contributed by atoms with Gasteiger partial charge in [-0.15, -0.1) is 10.2 Å². The summed E-state index contributed by atoms with van der Waals surface area (Å²) in [7, 11) is 0. The third-order valence-electron chi connectivity index (χ3n) is 3.22. The van der Waals surface area contributed by atoms with Crippen LogP contribution < -0.4 is 0 Å². The van der Waals surface area contributed by atoms with Crippen molar-refractivity contribution in [3.05, 3.63) is 12.7 Å². The van der Waals surface area contributed by atoms with E-state index in [2.05, 4.69) is 15.1 Å². The SMILES string of the molecule is OC[C@@H]1CCCN(CCCn2cnnc2)C1. The quantitative estimate of drug-likeness (QED) is 0.785. The van der Waals surface area contributed by atoms with Crippen molar-refractivity contribution < 1.29 is 5.11 Å². The molecule has 0 radical (unpaired) electrons. The molecule has 1 aliphatic rings. The van der Waals surface area contributed by atoms with Crippen molar-refractivity contribution >= 4 is 0 Å². The fourth-order valence-electron chi connectivity index (χ4n) is 2.32. The second kappa shape index (κ2) is 5.96. The summed E-state index contributed by atoms with van der Waals surface area (Å²) in [5, 5.41) is 16.7. The second-order valence-corrected chi connectivity index (χ2v) is 4.54. The summed E-state index contributed by atoms with van der Waals surface area (Å²) in [5.41, 5.74) is 0. The summed E-state index contributed by atoms with van der Waals surface area (Å²) in [5.74, 6) is 0.490. The highest BCUT2D eigenvalue weighted by Crippen LogP contribution is 2.15. The van der Waals surface area contributed by atoms with Gasteiger partial charge < -0.3 is 14.6 Å². The van der Waals surface area contributed by atoms with Gasteiger partial charge >= 0.3 is 0 Å². The standard InChI is InChI=1S/C11H20N4O/c16-8-11-3-1-4-14(7-11)5-2-6-15-9-12-13-10-15/h9-11,16H,1-8H2/t11-/m1/s1. The molecule has 5 heteroatoms. The smallest absolute Gasteiger partial charge is 0.119 e. The highest BCUT2D eigenvalue weighted by molar-refractivity contribution is 4.72. The molecule has 0 spiro atoms. The van der Waals surface area contributed by atoms with Crippen LogP contribution in [0.15, 0.2) is 12.7 Å². The number of hydrogen-bond acceptors (Lipinski definition) is 4. The van der Waals surface area contributed by atoms with E-state index in [1.807, 2.05) is 4.57 Å². The Bertz CT molecular complexity index is 288. The van der Waals surface area contributed by atoms with Gasteiger partial charge in [0, 0.05) is 19.7 Å². The molecule has 5 nitrogen and oxygen atoms in total. The molecule has 1 N–H and O–H groups in total. The van der Waals surface area contributed by atoms with E-state index in [4.69, 9.17) is 5.11 Å². The lowest BCUT2D eigenvalue weighted by atomic mass is 9.99. The first-order valence-corrected chi connectivity index (χ1v) is 6.04. The van der Waals surface area contributed by atoms with Crippen molar-refractivity contribution in [2.75, 3.05) is 26.2 Å². The summed E-state index contributed by atoms with van der Waals surface area (Å²) in [4.78, 5) is 2.45. The molecule has 1 atom stereocenters. The van der Waals surface area contributed by atoms with E-state index in [-0.39, 0.29) is 0 Å². The Morgan fingerprint density at radius 1 is 1.25 bits per heavy atom. The molecule has 16 heavy (non-hydrogen) atoms. The van der Waals surface area contributed by atoms with Crippen LogP contribution in [0.5, 0.6) is 0 Å². The van der Waals surface area contributed by atoms with Crippen LogP contribution in [0, 0.1) is 5.92 Å². The number of aromatic nitrogens is 3. The molecule has 90 valence electrons. The highest BCUT2D eigenvalue weighted by atomic mass is 16.3. The molecular weight excluding hydrogens is 204 g/mol. The molecule has 1 fully saturated rings. The summed E-state index contributed by atoms with van der Waals surface area (Å²) in [6.07, 6.45) is 7.03. The third-order valence-corrected chi connectivity index (χ3v) is 3.22. The Kier molecular flexibility index (Phi) is 4.30. The molecule has 0 aromatic carbocycles. The van der Waals surface area contributed by atoms with E-state index < -0.39 is 0 Å². The largest absolute Gasteiger partial charge is 0.396 e. The molecule has 1 saturated heterocycles. The van der Waals surface area contributed by atoms with Gasteiger partial charge in [-0.1, -0.05) is 0 Å². The number of nitrogens with zero attached hydrogens (tertiary/aromatic N) is 4. The summed E-state index contributed by atoms with van der Waals surface area (Å²) in [6.45, 7) is 4.65. The van der Waals surface area contributed by atoms with Crippen molar-refractivity contribution in [2.45, 2.75) is 25.8 Å². The number of aliphatic hydroxyl groups is 1. The van der Waals surface area contributed by atoms with Crippen molar-refractivity contribution in [1.82, 2.24) is 19.7 Å². The zero-order valence-electron chi connectivity index (χ0n) is 9.62. The minimum absolute atomic E-state index is 0.335. The molecule has 1 aromatic heterocycles. The van der Waals surface area contributed by atoms with E-state index in [1.54, 1.807) is 12.7 Å². The fraction of sp³-hybridized carbons (Fsp3) is 0.818. The molecular formula is C11H20N4O. The van der Waals surface area contributed by atoms with Crippen LogP contribution in [0.4, 0.5) is 0 Å². The average Bonchev–Trinajstić information content (AvgIpc) is 2.82. The molecule has 1 aromatic rings. The lowest BCUT2D eigenvalue weighted by Crippen LogP contribution is -2.37. The Balaban J connectivity index is 1.65. The number of likely N-dealkylation sites (tertiary alicyclic amines) is 1. The molecule has 2 rings (SSSR count). The molecule has 0 aliphatic carbocycles. The van der Waals surface area contributed by atoms with Crippen LogP contribution in [0.1, 0.15) is 19.3 Å². The molecule has 0 amide bonds. The lowest BCUT2D eigenvalue weighted by molar-refractivity contribution is 0.119. The normalized spacial score (nSPS) is 22.4. The Morgan fingerprint density at radius 2 is 2.06 bits per heavy atom. The van der Waals surface area contributed by atoms with Gasteiger partial charge in [-0.3, -0.25) is 0 Å². The van der Waals surface area contributed by atoms with E-state index in [0.29, 0.717) is 12.5 Å². The number of aryl methyl sites for hydroxylation is 1. The number of aliphatic hydroxyl groups excluding tert-OH is 1. The number of hydrogen-bond donors (Lipinski definition) is 1. The zero-order valence-corrected chi connectivity index (χ0v) is 9.62. The Hall–Kier alpha value is -0.940. The lowest BCUT2D eigenvalue weighted by Gasteiger charge is -2.31. The molecule has 0 bridgehead atoms. The molecule has 2 heterocycles. The van der Waals surface area contributed by atoms with Crippen LogP contribution >= 0.6 is 0 Å². The van der Waals surface area contributed by atoms with Gasteiger partial charge in [-0.25, -0.2) is 0 Å². The van der Waals surface area contributed by atoms with Crippen molar-refractivity contribution in [2.24, 2.45) is 5.92 Å². The minimum atomic E-state index is 0.335. The summed E-state index contributed by atoms with van der Waals surface area (Å²) < 4.78 is 2.01. The minimum Gasteiger partial charge on any atom is -0.396 e. The fourth-order valence-corrected chi connectivity index (χ4v) is 2.32. The third kappa shape index (κ3) is 3.28. The second-order valence-electron chi connectivity index (χ2n) is 4.54. The predicted molar refractivity (Wildman–Crippen MR) is 60.9 cm³/mol. The zero-order chi connectivity index (χ0) is 11.2. The maximum absolute atomic E-state index is 9.14. The number of piperidine rings is 1. The first kappa shape index (κ1) is 11.5. The summed E-state index contributed by atoms with van der Waals surface area (Å²) >= 11 is 0. The van der Waals surface area contributed by atoms with Gasteiger partial charge in [0.1, 0.15) is 12.7 Å². The number of rotatable bonds is 5. The first-order chi connectivity index (χ1) is 7.88. The Morgan fingerprint density at radius 3 is 2.81 bits per heavy atom. The maximum atomic E-state index is 9.14. The van der Waals surface area contributed by atoms with Crippen molar-refractivity contribution in [3.63, 3.8) is 0 Å². The highest BCUT2D eigenvalue weighted by Gasteiger charge is 2.18. The van der Waals surface area contributed by atoms with Crippen LogP contribution in [0.2, 0.25) is 0 Å². The van der Waals surface area contributed by atoms with E-state index >= 15 is 0 Å². The average molecular weight is 224 g/mol. The monoisotopic (exact) mass is 224 g/mol. The van der Waals surface area contributed by atoms with Gasteiger partial charge in [0.15, 0.2) is 0 Å². The van der Waals surface area contributed by atoms with Gasteiger partial charge in [-0.2, -0.15) is 0 Å². The molecule has 1 aliphatic heterocycles. The molecule has 0 saturated carbocycles. The van der Waals surface area contributed by atoms with Gasteiger partial charge in [-0.05, 0) is 38.3 Å². The topological polar surface area (TPSA) is 54.2 Å². The van der Waals surface area contributed by atoms with E-state index in [9.17, 15) is 0 Å². The maximum Gasteiger partial charge on any atom is 0.119 e. The van der Waals surface area contributed by atoms with Gasteiger partial charge in [0.05, 0.1) is 0 Å². The summed E-state index contributed by atoms with van der Waals surface area (Å²) in [6, 6.07) is 0. The van der Waals surface area contributed by atoms with E-state index in [1.165, 1.54) is 19.4 Å².